The molecule has 2 unspecified atom stereocenters. The summed E-state index contributed by atoms with van der Waals surface area (Å²) in [7, 11) is 3.12. The van der Waals surface area contributed by atoms with E-state index in [0.29, 0.717) is 23.5 Å². The molecule has 10 heteroatoms. The van der Waals surface area contributed by atoms with E-state index in [-0.39, 0.29) is 21.2 Å². The summed E-state index contributed by atoms with van der Waals surface area (Å²) in [5.74, 6) is 1.36. The normalized spacial score (nSPS) is 13.1. The van der Waals surface area contributed by atoms with Gasteiger partial charge in [0.05, 0.1) is 31.1 Å². The number of anilines is 2. The van der Waals surface area contributed by atoms with E-state index < -0.39 is 6.17 Å². The van der Waals surface area contributed by atoms with Crippen LogP contribution in [0.4, 0.5) is 11.5 Å². The Bertz CT molecular complexity index is 868. The molecule has 2 rings (SSSR count). The monoisotopic (exact) mass is 447 g/mol. The Morgan fingerprint density at radius 2 is 2.16 bits per heavy atom. The van der Waals surface area contributed by atoms with Gasteiger partial charge in [0.25, 0.3) is 0 Å². The molecule has 1 heterocycles. The minimum atomic E-state index is -0.530. The van der Waals surface area contributed by atoms with Gasteiger partial charge in [0.1, 0.15) is 17.6 Å². The van der Waals surface area contributed by atoms with Crippen LogP contribution in [0.5, 0.6) is 5.75 Å². The summed E-state index contributed by atoms with van der Waals surface area (Å²) in [5, 5.41) is 26.3. The van der Waals surface area contributed by atoms with Crippen molar-refractivity contribution in [1.82, 2.24) is 15.2 Å². The van der Waals surface area contributed by atoms with Gasteiger partial charge in [-0.2, -0.15) is 5.26 Å². The highest BCUT2D eigenvalue weighted by molar-refractivity contribution is 7.65. The number of rotatable bonds is 13. The van der Waals surface area contributed by atoms with Crippen molar-refractivity contribution in [1.29, 1.82) is 5.26 Å². The number of aliphatic hydroxyl groups excluding tert-OH is 1. The van der Waals surface area contributed by atoms with E-state index in [9.17, 15) is 5.26 Å². The molecule has 2 aromatic rings. The molecule has 170 valence electrons. The number of aromatic amines is 1. The van der Waals surface area contributed by atoms with Crippen LogP contribution in [-0.2, 0) is 0 Å². The maximum absolute atomic E-state index is 9.49. The van der Waals surface area contributed by atoms with Gasteiger partial charge in [0.15, 0.2) is 0 Å². The molecule has 9 nitrogen and oxygen atoms in total. The van der Waals surface area contributed by atoms with E-state index in [1.165, 1.54) is 5.30 Å². The number of nitrogens with zero attached hydrogens (tertiary/aromatic N) is 2. The summed E-state index contributed by atoms with van der Waals surface area (Å²) in [6.45, 7) is 4.10. The molecule has 0 bridgehead atoms. The van der Waals surface area contributed by atoms with Gasteiger partial charge in [-0.15, -0.1) is 0 Å². The van der Waals surface area contributed by atoms with Crippen molar-refractivity contribution in [2.75, 3.05) is 58.2 Å². The Balaban J connectivity index is 2.27. The lowest BCUT2D eigenvalue weighted by molar-refractivity contribution is 0.258. The van der Waals surface area contributed by atoms with Gasteiger partial charge in [0.2, 0.25) is 0 Å². The van der Waals surface area contributed by atoms with E-state index in [4.69, 9.17) is 21.3 Å². The number of H-pyrrole nitrogens is 1. The zero-order valence-corrected chi connectivity index (χ0v) is 19.4. The van der Waals surface area contributed by atoms with Crippen molar-refractivity contribution in [2.24, 2.45) is 11.5 Å². The number of hydrogen-bond acceptors (Lipinski definition) is 8. The standard InChI is InChI=1S/C21H34N7O2P/c1-4-31(10-8-25-7-9-29)16-5-6-17(18(11-16)30-3)27-21-19(15(12-22)13-26-21)20(24)28(2)14-23/h5-6,11,13,20,25-27,29H,4,7-10,14,23-24H2,1-3H3. The van der Waals surface area contributed by atoms with Gasteiger partial charge >= 0.3 is 0 Å². The third-order valence-electron chi connectivity index (χ3n) is 5.14. The number of benzene rings is 1. The van der Waals surface area contributed by atoms with Gasteiger partial charge < -0.3 is 36.9 Å². The first kappa shape index (κ1) is 25.1. The fraction of sp³-hybridized carbons (Fsp3) is 0.476. The summed E-state index contributed by atoms with van der Waals surface area (Å²) in [5.41, 5.74) is 14.0. The van der Waals surface area contributed by atoms with Crippen molar-refractivity contribution in [2.45, 2.75) is 13.1 Å². The summed E-state index contributed by atoms with van der Waals surface area (Å²) in [6.07, 6.45) is 3.21. The quantitative estimate of drug-likeness (QED) is 0.152. The van der Waals surface area contributed by atoms with Gasteiger partial charge in [-0.05, 0) is 43.4 Å². The minimum Gasteiger partial charge on any atom is -0.495 e. The van der Waals surface area contributed by atoms with Crippen molar-refractivity contribution >= 4 is 24.7 Å². The number of nitrogens with one attached hydrogen (secondary N) is 3. The number of nitrogens with two attached hydrogens (primary N) is 2. The molecule has 0 fully saturated rings. The minimum absolute atomic E-state index is 0.150. The zero-order chi connectivity index (χ0) is 22.8. The molecular weight excluding hydrogens is 413 g/mol. The topological polar surface area (TPSA) is 148 Å². The van der Waals surface area contributed by atoms with Crippen molar-refractivity contribution in [3.8, 4) is 11.8 Å². The molecule has 2 atom stereocenters. The van der Waals surface area contributed by atoms with Gasteiger partial charge in [-0.3, -0.25) is 4.90 Å². The largest absolute Gasteiger partial charge is 0.495 e. The lowest BCUT2D eigenvalue weighted by atomic mass is 10.1. The lowest BCUT2D eigenvalue weighted by Crippen LogP contribution is -2.35. The highest BCUT2D eigenvalue weighted by atomic mass is 31.1. The van der Waals surface area contributed by atoms with Crippen LogP contribution in [0.3, 0.4) is 0 Å². The Morgan fingerprint density at radius 1 is 1.39 bits per heavy atom. The Kier molecular flexibility index (Phi) is 10.2. The molecule has 31 heavy (non-hydrogen) atoms. The maximum Gasteiger partial charge on any atom is 0.142 e. The molecule has 0 aliphatic heterocycles. The average Bonchev–Trinajstić information content (AvgIpc) is 3.21. The fourth-order valence-electron chi connectivity index (χ4n) is 3.27. The van der Waals surface area contributed by atoms with Crippen LogP contribution in [-0.4, -0.2) is 67.8 Å². The van der Waals surface area contributed by atoms with Crippen LogP contribution in [0.2, 0.25) is 0 Å². The average molecular weight is 448 g/mol. The first-order valence-corrected chi connectivity index (χ1v) is 12.0. The SMILES string of the molecule is CCP(CCNCCO)c1ccc(Nc2[nH]cc(C#N)c2C(N)N(C)CN)c(OC)c1. The van der Waals surface area contributed by atoms with E-state index in [1.807, 2.05) is 6.07 Å². The smallest absolute Gasteiger partial charge is 0.142 e. The number of aliphatic hydroxyl groups is 1. The molecule has 0 aliphatic rings. The van der Waals surface area contributed by atoms with E-state index >= 15 is 0 Å². The third kappa shape index (κ3) is 6.40. The first-order chi connectivity index (χ1) is 15.0. The number of nitriles is 1. The van der Waals surface area contributed by atoms with Crippen LogP contribution in [0.25, 0.3) is 0 Å². The summed E-state index contributed by atoms with van der Waals surface area (Å²) in [6, 6.07) is 8.37. The summed E-state index contributed by atoms with van der Waals surface area (Å²) < 4.78 is 5.66. The molecule has 0 radical (unpaired) electrons. The van der Waals surface area contributed by atoms with Crippen LogP contribution in [0.1, 0.15) is 24.2 Å². The second-order valence-electron chi connectivity index (χ2n) is 7.05. The fourth-order valence-corrected chi connectivity index (χ4v) is 5.23. The third-order valence-corrected chi connectivity index (χ3v) is 7.67. The highest BCUT2D eigenvalue weighted by Gasteiger charge is 2.22. The van der Waals surface area contributed by atoms with E-state index in [2.05, 4.69) is 40.7 Å². The molecule has 0 saturated carbocycles. The molecule has 8 N–H and O–H groups in total. The molecule has 0 saturated heterocycles. The predicted molar refractivity (Wildman–Crippen MR) is 127 cm³/mol. The highest BCUT2D eigenvalue weighted by Crippen LogP contribution is 2.37. The van der Waals surface area contributed by atoms with Crippen molar-refractivity contribution in [3.63, 3.8) is 0 Å². The Labute approximate surface area is 185 Å². The molecule has 1 aromatic heterocycles. The van der Waals surface area contributed by atoms with Gasteiger partial charge in [-0.25, -0.2) is 0 Å². The maximum atomic E-state index is 9.49. The molecular formula is C21H34N7O2P. The lowest BCUT2D eigenvalue weighted by Gasteiger charge is -2.24. The van der Waals surface area contributed by atoms with E-state index in [1.54, 1.807) is 25.3 Å². The van der Waals surface area contributed by atoms with Gasteiger partial charge in [0, 0.05) is 25.0 Å². The number of ether oxygens (including phenoxy) is 1. The van der Waals surface area contributed by atoms with Gasteiger partial charge in [-0.1, -0.05) is 20.9 Å². The Morgan fingerprint density at radius 3 is 2.77 bits per heavy atom. The molecule has 0 spiro atoms. The number of hydrogen-bond donors (Lipinski definition) is 6. The predicted octanol–water partition coefficient (Wildman–Crippen LogP) is 1.15. The second-order valence-corrected chi connectivity index (χ2v) is 9.73. The van der Waals surface area contributed by atoms with Crippen molar-refractivity contribution in [3.05, 3.63) is 35.5 Å². The van der Waals surface area contributed by atoms with Crippen LogP contribution in [0, 0.1) is 11.3 Å². The number of methoxy groups -OCH3 is 1. The zero-order valence-electron chi connectivity index (χ0n) is 18.5. The second kappa shape index (κ2) is 12.6. The van der Waals surface area contributed by atoms with Crippen LogP contribution >= 0.6 is 7.92 Å². The summed E-state index contributed by atoms with van der Waals surface area (Å²) >= 11 is 0. The molecule has 1 aromatic carbocycles. The summed E-state index contributed by atoms with van der Waals surface area (Å²) in [4.78, 5) is 4.87. The van der Waals surface area contributed by atoms with Crippen molar-refractivity contribution < 1.29 is 9.84 Å². The first-order valence-electron chi connectivity index (χ1n) is 10.3. The Hall–Kier alpha value is -2.18. The molecule has 0 amide bonds. The number of aromatic nitrogens is 1. The van der Waals surface area contributed by atoms with Crippen LogP contribution < -0.4 is 32.1 Å². The molecule has 0 aliphatic carbocycles. The van der Waals surface area contributed by atoms with Crippen LogP contribution in [0.15, 0.2) is 24.4 Å². The van der Waals surface area contributed by atoms with E-state index in [0.717, 1.165) is 30.3 Å².